The van der Waals surface area contributed by atoms with Crippen molar-refractivity contribution in [3.63, 3.8) is 0 Å². The summed E-state index contributed by atoms with van der Waals surface area (Å²) in [6.07, 6.45) is 0. The lowest BCUT2D eigenvalue weighted by Crippen LogP contribution is -2.48. The Morgan fingerprint density at radius 3 is 2.51 bits per heavy atom. The van der Waals surface area contributed by atoms with Gasteiger partial charge in [0.1, 0.15) is 5.82 Å². The highest BCUT2D eigenvalue weighted by Gasteiger charge is 2.26. The summed E-state index contributed by atoms with van der Waals surface area (Å²) in [5, 5.41) is 10.6. The molecule has 0 atom stereocenters. The van der Waals surface area contributed by atoms with Gasteiger partial charge in [-0.15, -0.1) is 0 Å². The van der Waals surface area contributed by atoms with E-state index < -0.39 is 15.7 Å². The van der Waals surface area contributed by atoms with Crippen molar-refractivity contribution in [3.05, 3.63) is 35.8 Å². The van der Waals surface area contributed by atoms with Crippen molar-refractivity contribution >= 4 is 39.1 Å². The van der Waals surface area contributed by atoms with E-state index in [1.807, 2.05) is 13.0 Å². The van der Waals surface area contributed by atoms with E-state index in [2.05, 4.69) is 49.3 Å². The number of aryl methyl sites for hydroxylation is 1. The van der Waals surface area contributed by atoms with Crippen LogP contribution < -0.4 is 15.0 Å². The van der Waals surface area contributed by atoms with Gasteiger partial charge in [0, 0.05) is 51.0 Å². The first-order valence-corrected chi connectivity index (χ1v) is 15.1. The lowest BCUT2D eigenvalue weighted by Gasteiger charge is -2.36. The number of H-pyrrole nitrogens is 1. The van der Waals surface area contributed by atoms with Crippen LogP contribution in [0.15, 0.2) is 39.2 Å². The maximum Gasteiger partial charge on any atom is 0.204 e. The molecule has 0 aliphatic carbocycles. The number of aromatic nitrogens is 4. The van der Waals surface area contributed by atoms with E-state index in [4.69, 9.17) is 9.72 Å². The van der Waals surface area contributed by atoms with Crippen LogP contribution in [0.4, 0.5) is 21.8 Å². The molecule has 3 heterocycles. The first-order valence-electron chi connectivity index (χ1n) is 12.7. The minimum absolute atomic E-state index is 0.0495. The van der Waals surface area contributed by atoms with Gasteiger partial charge in [-0.2, -0.15) is 5.10 Å². The minimum Gasteiger partial charge on any atom is -0.490 e. The molecule has 14 heteroatoms. The molecule has 0 saturated carbocycles. The monoisotopic (exact) mass is 578 g/mol. The summed E-state index contributed by atoms with van der Waals surface area (Å²) in [6, 6.07) is 5.74. The first-order chi connectivity index (χ1) is 18.6. The molecule has 1 aliphatic rings. The van der Waals surface area contributed by atoms with E-state index >= 15 is 4.39 Å². The smallest absolute Gasteiger partial charge is 0.204 e. The van der Waals surface area contributed by atoms with Crippen molar-refractivity contribution in [2.75, 3.05) is 76.4 Å². The largest absolute Gasteiger partial charge is 0.490 e. The molecule has 2 aromatic heterocycles. The number of hydrogen-bond donors (Lipinski definition) is 2. The zero-order valence-corrected chi connectivity index (χ0v) is 24.5. The summed E-state index contributed by atoms with van der Waals surface area (Å²) in [5.74, 6) is 1.27. The summed E-state index contributed by atoms with van der Waals surface area (Å²) in [7, 11) is 2.17. The molecule has 0 radical (unpaired) electrons. The second kappa shape index (κ2) is 12.5. The predicted molar refractivity (Wildman–Crippen MR) is 151 cm³/mol. The van der Waals surface area contributed by atoms with Gasteiger partial charge in [0.15, 0.2) is 32.4 Å². The third kappa shape index (κ3) is 7.18. The molecule has 1 aromatic carbocycles. The van der Waals surface area contributed by atoms with Crippen LogP contribution in [-0.4, -0.2) is 105 Å². The van der Waals surface area contributed by atoms with Gasteiger partial charge in [0.2, 0.25) is 5.75 Å². The number of nitrogens with zero attached hydrogens (tertiary/aromatic N) is 6. The molecule has 1 saturated heterocycles. The van der Waals surface area contributed by atoms with Crippen LogP contribution in [0.5, 0.6) is 5.75 Å². The summed E-state index contributed by atoms with van der Waals surface area (Å²) in [6.45, 7) is 8.60. The highest BCUT2D eigenvalue weighted by Crippen LogP contribution is 2.39. The quantitative estimate of drug-likeness (QED) is 0.327. The van der Waals surface area contributed by atoms with Crippen LogP contribution in [-0.2, 0) is 9.84 Å². The van der Waals surface area contributed by atoms with Gasteiger partial charge in [0.25, 0.3) is 0 Å². The van der Waals surface area contributed by atoms with Crippen LogP contribution in [0, 0.1) is 12.7 Å². The average molecular weight is 579 g/mol. The highest BCUT2D eigenvalue weighted by atomic mass is 32.2. The number of methoxy groups -OCH3 is 1. The second-order valence-corrected chi connectivity index (χ2v) is 12.8. The van der Waals surface area contributed by atoms with E-state index in [9.17, 15) is 8.42 Å². The maximum atomic E-state index is 15.0. The Bertz CT molecular complexity index is 1390. The molecular weight excluding hydrogens is 543 g/mol. The summed E-state index contributed by atoms with van der Waals surface area (Å²) in [5.41, 5.74) is 0.874. The number of benzene rings is 1. The SMILES string of the molecule is CCS(=O)(=O)c1ccc(Sc2nc(Nc3cc(C)[nH]n3)c(OC)c(N3CCN(CCN(C)C)CC3)n2)c(F)c1. The number of nitrogens with one attached hydrogen (secondary N) is 2. The van der Waals surface area contributed by atoms with Gasteiger partial charge in [-0.1, -0.05) is 6.92 Å². The normalized spacial score (nSPS) is 14.7. The molecule has 0 bridgehead atoms. The number of aromatic amines is 1. The first kappa shape index (κ1) is 29.1. The predicted octanol–water partition coefficient (Wildman–Crippen LogP) is 3.03. The Labute approximate surface area is 233 Å². The van der Waals surface area contributed by atoms with Crippen LogP contribution in [0.25, 0.3) is 0 Å². The molecule has 2 N–H and O–H groups in total. The number of anilines is 3. The Kier molecular flexibility index (Phi) is 9.31. The maximum absolute atomic E-state index is 15.0. The van der Waals surface area contributed by atoms with Gasteiger partial charge in [-0.3, -0.25) is 10.00 Å². The fraction of sp³-hybridized carbons (Fsp3) is 0.480. The van der Waals surface area contributed by atoms with Gasteiger partial charge in [0.05, 0.1) is 22.7 Å². The number of ether oxygens (including phenoxy) is 1. The van der Waals surface area contributed by atoms with E-state index in [1.165, 1.54) is 19.1 Å². The van der Waals surface area contributed by atoms with Gasteiger partial charge in [-0.05, 0) is 51.0 Å². The van der Waals surface area contributed by atoms with Gasteiger partial charge < -0.3 is 19.9 Å². The van der Waals surface area contributed by atoms with Crippen molar-refractivity contribution in [1.29, 1.82) is 0 Å². The zero-order chi connectivity index (χ0) is 28.2. The Morgan fingerprint density at radius 2 is 1.92 bits per heavy atom. The van der Waals surface area contributed by atoms with E-state index in [0.29, 0.717) is 28.4 Å². The molecule has 0 unspecified atom stereocenters. The minimum atomic E-state index is -3.52. The van der Waals surface area contributed by atoms with Gasteiger partial charge >= 0.3 is 0 Å². The molecular formula is C25H35FN8O3S2. The van der Waals surface area contributed by atoms with Crippen molar-refractivity contribution in [3.8, 4) is 5.75 Å². The summed E-state index contributed by atoms with van der Waals surface area (Å²) in [4.78, 5) is 16.3. The number of likely N-dealkylation sites (N-methyl/N-ethyl adjacent to an activating group) is 1. The molecule has 11 nitrogen and oxygen atoms in total. The fourth-order valence-corrected chi connectivity index (χ4v) is 5.75. The third-order valence-corrected chi connectivity index (χ3v) is 9.01. The van der Waals surface area contributed by atoms with Crippen LogP contribution in [0.3, 0.4) is 0 Å². The standard InChI is InChI=1S/C25H35FN8O3S2/c1-6-39(35,36)18-7-8-20(19(26)16-18)38-25-28-23(27-21-15-17(2)30-31-21)22(37-5)24(29-25)34-13-11-33(12-14-34)10-9-32(3)4/h7-8,15-16H,6,9-14H2,1-5H3,(H2,27,28,29,30,31). The van der Waals surface area contributed by atoms with Gasteiger partial charge in [-0.25, -0.2) is 22.8 Å². The molecule has 1 fully saturated rings. The third-order valence-electron chi connectivity index (χ3n) is 6.36. The molecule has 1 aliphatic heterocycles. The van der Waals surface area contributed by atoms with Crippen molar-refractivity contribution in [2.24, 2.45) is 0 Å². The Morgan fingerprint density at radius 1 is 1.18 bits per heavy atom. The molecule has 0 spiro atoms. The van der Waals surface area contributed by atoms with Crippen LogP contribution in [0.2, 0.25) is 0 Å². The Balaban J connectivity index is 1.66. The molecule has 39 heavy (non-hydrogen) atoms. The van der Waals surface area contributed by atoms with Crippen molar-refractivity contribution in [1.82, 2.24) is 30.0 Å². The number of piperazine rings is 1. The second-order valence-electron chi connectivity index (χ2n) is 9.50. The number of rotatable bonds is 11. The molecule has 212 valence electrons. The summed E-state index contributed by atoms with van der Waals surface area (Å²) < 4.78 is 45.2. The number of hydrogen-bond acceptors (Lipinski definition) is 11. The van der Waals surface area contributed by atoms with E-state index in [0.717, 1.165) is 62.8 Å². The lowest BCUT2D eigenvalue weighted by molar-refractivity contribution is 0.228. The highest BCUT2D eigenvalue weighted by molar-refractivity contribution is 7.99. The van der Waals surface area contributed by atoms with Crippen molar-refractivity contribution in [2.45, 2.75) is 28.8 Å². The molecule has 3 aromatic rings. The topological polar surface area (TPSA) is 120 Å². The van der Waals surface area contributed by atoms with E-state index in [-0.39, 0.29) is 15.5 Å². The summed E-state index contributed by atoms with van der Waals surface area (Å²) >= 11 is 1.02. The Hall–Kier alpha value is -2.94. The molecule has 4 rings (SSSR count). The van der Waals surface area contributed by atoms with Crippen molar-refractivity contribution < 1.29 is 17.5 Å². The zero-order valence-electron chi connectivity index (χ0n) is 22.9. The number of halogens is 1. The molecule has 0 amide bonds. The lowest BCUT2D eigenvalue weighted by atomic mass is 10.3. The van der Waals surface area contributed by atoms with Crippen LogP contribution >= 0.6 is 11.8 Å². The fourth-order valence-electron chi connectivity index (χ4n) is 4.10. The van der Waals surface area contributed by atoms with E-state index in [1.54, 1.807) is 7.11 Å². The average Bonchev–Trinajstić information content (AvgIpc) is 3.32. The van der Waals surface area contributed by atoms with Crippen LogP contribution in [0.1, 0.15) is 12.6 Å². The number of sulfone groups is 1.